The normalized spacial score (nSPS) is 14.0. The number of amides is 4. The molecular weight excluding hydrogens is 490 g/mol. The summed E-state index contributed by atoms with van der Waals surface area (Å²) >= 11 is 0. The van der Waals surface area contributed by atoms with Gasteiger partial charge in [0.15, 0.2) is 0 Å². The molecule has 4 amide bonds. The van der Waals surface area contributed by atoms with Gasteiger partial charge in [0.1, 0.15) is 23.9 Å². The van der Waals surface area contributed by atoms with Crippen LogP contribution in [0.25, 0.3) is 0 Å². The molecule has 0 heterocycles. The fourth-order valence-electron chi connectivity index (χ4n) is 3.06. The second-order valence-corrected chi connectivity index (χ2v) is 8.71. The van der Waals surface area contributed by atoms with E-state index in [1.807, 2.05) is 0 Å². The molecule has 0 saturated carbocycles. The molecule has 1 aromatic carbocycles. The summed E-state index contributed by atoms with van der Waals surface area (Å²) in [5.74, 6) is -6.46. The number of benzene rings is 1. The predicted molar refractivity (Wildman–Crippen MR) is 129 cm³/mol. The van der Waals surface area contributed by atoms with Crippen LogP contribution in [-0.2, 0) is 35.2 Å². The van der Waals surface area contributed by atoms with Crippen molar-refractivity contribution in [2.75, 3.05) is 6.54 Å². The highest BCUT2D eigenvalue weighted by Crippen LogP contribution is 2.11. The van der Waals surface area contributed by atoms with Crippen molar-refractivity contribution in [3.05, 3.63) is 29.8 Å². The number of carbonyl (C=O) groups excluding carboxylic acids is 4. The number of rotatable bonds is 14. The molecule has 0 aliphatic heterocycles. The molecule has 204 valence electrons. The highest BCUT2D eigenvalue weighted by atomic mass is 16.4. The SMILES string of the molecule is CC(C)[C@H](NC(=O)[C@@H](N)Cc1ccc(O)cc1)C(=O)N[C@@H](CC(=O)O)C(=O)NCC(=O)N[C@@H](C)C(=O)O. The summed E-state index contributed by atoms with van der Waals surface area (Å²) in [6, 6.07) is 1.06. The van der Waals surface area contributed by atoms with Gasteiger partial charge in [-0.3, -0.25) is 28.8 Å². The van der Waals surface area contributed by atoms with Crippen LogP contribution in [0.2, 0.25) is 0 Å². The van der Waals surface area contributed by atoms with Crippen LogP contribution in [0.4, 0.5) is 0 Å². The van der Waals surface area contributed by atoms with E-state index >= 15 is 0 Å². The lowest BCUT2D eigenvalue weighted by molar-refractivity contribution is -0.142. The zero-order valence-corrected chi connectivity index (χ0v) is 20.7. The molecule has 1 rings (SSSR count). The quantitative estimate of drug-likeness (QED) is 0.134. The Hall–Kier alpha value is -4.20. The molecule has 14 nitrogen and oxygen atoms in total. The first-order chi connectivity index (χ1) is 17.2. The molecule has 37 heavy (non-hydrogen) atoms. The molecule has 9 N–H and O–H groups in total. The highest BCUT2D eigenvalue weighted by molar-refractivity contribution is 5.96. The van der Waals surface area contributed by atoms with Crippen LogP contribution >= 0.6 is 0 Å². The van der Waals surface area contributed by atoms with E-state index in [0.29, 0.717) is 5.56 Å². The van der Waals surface area contributed by atoms with Gasteiger partial charge < -0.3 is 42.3 Å². The molecule has 4 atom stereocenters. The Labute approximate surface area is 213 Å². The Kier molecular flexibility index (Phi) is 12.0. The lowest BCUT2D eigenvalue weighted by Crippen LogP contribution is -2.58. The Bertz CT molecular complexity index is 997. The maximum atomic E-state index is 12.9. The van der Waals surface area contributed by atoms with Crippen molar-refractivity contribution in [1.82, 2.24) is 21.3 Å². The number of nitrogens with two attached hydrogens (primary N) is 1. The van der Waals surface area contributed by atoms with Gasteiger partial charge in [0.2, 0.25) is 23.6 Å². The standard InChI is InChI=1S/C23H33N5O9/c1-11(2)19(28-20(33)15(24)8-13-4-6-14(29)7-5-13)22(35)27-16(9-18(31)32)21(34)25-10-17(30)26-12(3)23(36)37/h4-7,11-12,15-16,19,29H,8-10,24H2,1-3H3,(H,25,34)(H,26,30)(H,27,35)(H,28,33)(H,31,32)(H,36,37)/t12-,15-,16-,19-/m0/s1. The fraction of sp³-hybridized carbons (Fsp3) is 0.478. The van der Waals surface area contributed by atoms with E-state index in [2.05, 4.69) is 21.3 Å². The minimum atomic E-state index is -1.58. The van der Waals surface area contributed by atoms with E-state index in [0.717, 1.165) is 0 Å². The van der Waals surface area contributed by atoms with Crippen molar-refractivity contribution in [1.29, 1.82) is 0 Å². The van der Waals surface area contributed by atoms with E-state index < -0.39 is 78.6 Å². The average molecular weight is 524 g/mol. The van der Waals surface area contributed by atoms with Crippen LogP contribution in [0.3, 0.4) is 0 Å². The van der Waals surface area contributed by atoms with Crippen LogP contribution in [0.5, 0.6) is 5.75 Å². The van der Waals surface area contributed by atoms with E-state index in [-0.39, 0.29) is 12.2 Å². The first-order valence-corrected chi connectivity index (χ1v) is 11.4. The van der Waals surface area contributed by atoms with Crippen molar-refractivity contribution >= 4 is 35.6 Å². The predicted octanol–water partition coefficient (Wildman–Crippen LogP) is -1.93. The van der Waals surface area contributed by atoms with Gasteiger partial charge in [0, 0.05) is 0 Å². The average Bonchev–Trinajstić information content (AvgIpc) is 2.80. The number of aromatic hydroxyl groups is 1. The smallest absolute Gasteiger partial charge is 0.325 e. The van der Waals surface area contributed by atoms with Crippen molar-refractivity contribution < 1.29 is 44.1 Å². The van der Waals surface area contributed by atoms with Crippen molar-refractivity contribution in [3.8, 4) is 5.75 Å². The number of nitrogens with one attached hydrogen (secondary N) is 4. The van der Waals surface area contributed by atoms with Crippen molar-refractivity contribution in [2.45, 2.75) is 57.8 Å². The van der Waals surface area contributed by atoms with Crippen LogP contribution in [0.15, 0.2) is 24.3 Å². The second-order valence-electron chi connectivity index (χ2n) is 8.71. The molecular formula is C23H33N5O9. The Balaban J connectivity index is 2.82. The first-order valence-electron chi connectivity index (χ1n) is 11.4. The molecule has 0 saturated heterocycles. The number of carboxylic acid groups (broad SMARTS) is 2. The maximum Gasteiger partial charge on any atom is 0.325 e. The van der Waals surface area contributed by atoms with Crippen molar-refractivity contribution in [3.63, 3.8) is 0 Å². The monoisotopic (exact) mass is 523 g/mol. The summed E-state index contributed by atoms with van der Waals surface area (Å²) in [6.45, 7) is 3.80. The van der Waals surface area contributed by atoms with Crippen LogP contribution < -0.4 is 27.0 Å². The van der Waals surface area contributed by atoms with Gasteiger partial charge in [-0.15, -0.1) is 0 Å². The molecule has 0 fully saturated rings. The number of hydrogen-bond donors (Lipinski definition) is 8. The molecule has 0 radical (unpaired) electrons. The molecule has 0 bridgehead atoms. The van der Waals surface area contributed by atoms with E-state index in [9.17, 15) is 33.9 Å². The third-order valence-corrected chi connectivity index (χ3v) is 5.16. The summed E-state index contributed by atoms with van der Waals surface area (Å²) in [4.78, 5) is 71.8. The lowest BCUT2D eigenvalue weighted by atomic mass is 10.0. The van der Waals surface area contributed by atoms with Crippen LogP contribution in [-0.4, -0.2) is 81.6 Å². The van der Waals surface area contributed by atoms with E-state index in [1.54, 1.807) is 26.0 Å². The Morgan fingerprint density at radius 3 is 1.97 bits per heavy atom. The van der Waals surface area contributed by atoms with Gasteiger partial charge in [0.05, 0.1) is 19.0 Å². The minimum absolute atomic E-state index is 0.0497. The molecule has 0 aromatic heterocycles. The van der Waals surface area contributed by atoms with Gasteiger partial charge in [-0.1, -0.05) is 26.0 Å². The van der Waals surface area contributed by atoms with Gasteiger partial charge in [-0.2, -0.15) is 0 Å². The number of phenolic OH excluding ortho intramolecular Hbond substituents is 1. The Morgan fingerprint density at radius 2 is 1.46 bits per heavy atom. The van der Waals surface area contributed by atoms with Gasteiger partial charge in [-0.25, -0.2) is 0 Å². The summed E-state index contributed by atoms with van der Waals surface area (Å²) in [5.41, 5.74) is 6.62. The minimum Gasteiger partial charge on any atom is -0.508 e. The molecule has 0 spiro atoms. The number of hydrogen-bond acceptors (Lipinski definition) is 8. The van der Waals surface area contributed by atoms with Crippen LogP contribution in [0.1, 0.15) is 32.8 Å². The number of carboxylic acids is 2. The van der Waals surface area contributed by atoms with Crippen molar-refractivity contribution in [2.24, 2.45) is 11.7 Å². The van der Waals surface area contributed by atoms with Crippen LogP contribution in [0, 0.1) is 5.92 Å². The number of phenols is 1. The summed E-state index contributed by atoms with van der Waals surface area (Å²) in [5, 5.41) is 36.4. The molecule has 0 aliphatic rings. The van der Waals surface area contributed by atoms with Gasteiger partial charge >= 0.3 is 11.9 Å². The first kappa shape index (κ1) is 30.8. The topological polar surface area (TPSA) is 237 Å². The third-order valence-electron chi connectivity index (χ3n) is 5.16. The molecule has 0 unspecified atom stereocenters. The third kappa shape index (κ3) is 10.9. The summed E-state index contributed by atoms with van der Waals surface area (Å²) < 4.78 is 0. The summed E-state index contributed by atoms with van der Waals surface area (Å²) in [7, 11) is 0. The zero-order valence-electron chi connectivity index (χ0n) is 20.7. The maximum absolute atomic E-state index is 12.9. The molecule has 14 heteroatoms. The fourth-order valence-corrected chi connectivity index (χ4v) is 3.06. The Morgan fingerprint density at radius 1 is 0.865 bits per heavy atom. The van der Waals surface area contributed by atoms with E-state index in [1.165, 1.54) is 19.1 Å². The molecule has 1 aromatic rings. The molecule has 0 aliphatic carbocycles. The van der Waals surface area contributed by atoms with Gasteiger partial charge in [-0.05, 0) is 37.0 Å². The highest BCUT2D eigenvalue weighted by Gasteiger charge is 2.31. The number of aliphatic carboxylic acids is 2. The number of carbonyl (C=O) groups is 6. The van der Waals surface area contributed by atoms with Gasteiger partial charge in [0.25, 0.3) is 0 Å². The largest absolute Gasteiger partial charge is 0.508 e. The summed E-state index contributed by atoms with van der Waals surface area (Å²) in [6.07, 6.45) is -0.699. The zero-order chi connectivity index (χ0) is 28.3. The second kappa shape index (κ2) is 14.4. The van der Waals surface area contributed by atoms with E-state index in [4.69, 9.17) is 15.9 Å². The lowest BCUT2D eigenvalue weighted by Gasteiger charge is -2.26.